The van der Waals surface area contributed by atoms with Crippen molar-refractivity contribution in [3.05, 3.63) is 16.0 Å². The Bertz CT molecular complexity index is 584. The second-order valence-electron chi connectivity index (χ2n) is 5.72. The van der Waals surface area contributed by atoms with E-state index < -0.39 is 6.10 Å². The van der Waals surface area contributed by atoms with Crippen molar-refractivity contribution in [3.8, 4) is 6.07 Å². The second-order valence-corrected chi connectivity index (χ2v) is 6.83. The van der Waals surface area contributed by atoms with Gasteiger partial charge < -0.3 is 15.4 Å². The Labute approximate surface area is 128 Å². The van der Waals surface area contributed by atoms with Crippen LogP contribution >= 0.6 is 11.3 Å². The summed E-state index contributed by atoms with van der Waals surface area (Å²) in [6, 6.07) is 2.27. The van der Waals surface area contributed by atoms with E-state index in [0.717, 1.165) is 31.4 Å². The monoisotopic (exact) mass is 305 g/mol. The van der Waals surface area contributed by atoms with Crippen LogP contribution in [0.25, 0.3) is 0 Å². The number of carbonyl (C=O) groups excluding carboxylic acids is 1. The zero-order chi connectivity index (χ0) is 14.8. The number of fused-ring (bicyclic) bond motifs is 1. The fourth-order valence-corrected chi connectivity index (χ4v) is 4.25. The summed E-state index contributed by atoms with van der Waals surface area (Å²) in [5.41, 5.74) is 1.79. The van der Waals surface area contributed by atoms with Crippen molar-refractivity contribution in [1.29, 1.82) is 5.26 Å². The Balaban J connectivity index is 1.79. The summed E-state index contributed by atoms with van der Waals surface area (Å²) >= 11 is 1.55. The third-order valence-corrected chi connectivity index (χ3v) is 5.25. The lowest BCUT2D eigenvalue weighted by Gasteiger charge is -2.22. The second kappa shape index (κ2) is 6.14. The van der Waals surface area contributed by atoms with E-state index >= 15 is 0 Å². The number of morpholine rings is 1. The molecule has 21 heavy (non-hydrogen) atoms. The Morgan fingerprint density at radius 1 is 1.57 bits per heavy atom. The van der Waals surface area contributed by atoms with E-state index in [-0.39, 0.29) is 5.91 Å². The standard InChI is InChI=1S/C15H19N3O2S/c1-9-2-3-10-11(7-16)15(21-13(10)6-9)18-14(19)12-8-17-4-5-20-12/h9,12,17H,2-6,8H2,1H3,(H,18,19). The number of nitrogens with zero attached hydrogens (tertiary/aromatic N) is 1. The highest BCUT2D eigenvalue weighted by atomic mass is 32.1. The van der Waals surface area contributed by atoms with E-state index in [0.29, 0.717) is 29.6 Å². The minimum atomic E-state index is -0.469. The molecule has 0 saturated carbocycles. The minimum Gasteiger partial charge on any atom is -0.366 e. The highest BCUT2D eigenvalue weighted by molar-refractivity contribution is 7.16. The first kappa shape index (κ1) is 14.5. The smallest absolute Gasteiger partial charge is 0.255 e. The van der Waals surface area contributed by atoms with E-state index in [4.69, 9.17) is 4.74 Å². The van der Waals surface area contributed by atoms with Crippen LogP contribution in [0.2, 0.25) is 0 Å². The number of amides is 1. The zero-order valence-electron chi connectivity index (χ0n) is 12.1. The molecule has 112 valence electrons. The molecule has 2 N–H and O–H groups in total. The molecule has 0 bridgehead atoms. The molecule has 2 atom stereocenters. The molecule has 1 aromatic heterocycles. The molecular weight excluding hydrogens is 286 g/mol. The first-order chi connectivity index (χ1) is 10.2. The van der Waals surface area contributed by atoms with E-state index in [1.54, 1.807) is 11.3 Å². The zero-order valence-corrected chi connectivity index (χ0v) is 12.9. The highest BCUT2D eigenvalue weighted by Gasteiger charge is 2.27. The van der Waals surface area contributed by atoms with Gasteiger partial charge in [0, 0.05) is 18.0 Å². The van der Waals surface area contributed by atoms with Crippen LogP contribution in [0.4, 0.5) is 5.00 Å². The fraction of sp³-hybridized carbons (Fsp3) is 0.600. The molecule has 1 fully saturated rings. The minimum absolute atomic E-state index is 0.162. The third-order valence-electron chi connectivity index (χ3n) is 4.08. The Morgan fingerprint density at radius 3 is 3.14 bits per heavy atom. The van der Waals surface area contributed by atoms with Crippen LogP contribution in [-0.4, -0.2) is 31.7 Å². The van der Waals surface area contributed by atoms with Gasteiger partial charge in [-0.05, 0) is 30.7 Å². The quantitative estimate of drug-likeness (QED) is 0.871. The highest BCUT2D eigenvalue weighted by Crippen LogP contribution is 2.39. The first-order valence-corrected chi connectivity index (χ1v) is 8.18. The van der Waals surface area contributed by atoms with Gasteiger partial charge in [0.2, 0.25) is 0 Å². The van der Waals surface area contributed by atoms with E-state index in [1.807, 2.05) is 0 Å². The molecule has 1 aromatic rings. The number of anilines is 1. The van der Waals surface area contributed by atoms with Crippen molar-refractivity contribution in [2.45, 2.75) is 32.3 Å². The van der Waals surface area contributed by atoms with Gasteiger partial charge in [0.25, 0.3) is 5.91 Å². The summed E-state index contributed by atoms with van der Waals surface area (Å²) in [7, 11) is 0. The van der Waals surface area contributed by atoms with Crippen LogP contribution in [0.15, 0.2) is 0 Å². The molecule has 3 rings (SSSR count). The Kier molecular flexibility index (Phi) is 4.24. The number of rotatable bonds is 2. The number of ether oxygens (including phenoxy) is 1. The van der Waals surface area contributed by atoms with Gasteiger partial charge in [-0.15, -0.1) is 11.3 Å². The number of thiophene rings is 1. The molecule has 0 spiro atoms. The molecule has 2 unspecified atom stereocenters. The summed E-state index contributed by atoms with van der Waals surface area (Å²) in [6.45, 7) is 4.07. The van der Waals surface area contributed by atoms with Gasteiger partial charge in [0.15, 0.2) is 0 Å². The average molecular weight is 305 g/mol. The van der Waals surface area contributed by atoms with Crippen molar-refractivity contribution >= 4 is 22.2 Å². The van der Waals surface area contributed by atoms with E-state index in [1.165, 1.54) is 4.88 Å². The van der Waals surface area contributed by atoms with Crippen LogP contribution < -0.4 is 10.6 Å². The van der Waals surface area contributed by atoms with Gasteiger partial charge in [-0.25, -0.2) is 0 Å². The molecule has 1 amide bonds. The van der Waals surface area contributed by atoms with Crippen molar-refractivity contribution in [1.82, 2.24) is 5.32 Å². The summed E-state index contributed by atoms with van der Waals surface area (Å²) in [4.78, 5) is 13.5. The number of nitriles is 1. The van der Waals surface area contributed by atoms with Crippen LogP contribution in [0.1, 0.15) is 29.3 Å². The van der Waals surface area contributed by atoms with Crippen molar-refractivity contribution in [2.75, 3.05) is 25.0 Å². The number of hydrogen-bond acceptors (Lipinski definition) is 5. The van der Waals surface area contributed by atoms with Gasteiger partial charge in [-0.3, -0.25) is 4.79 Å². The van der Waals surface area contributed by atoms with E-state index in [2.05, 4.69) is 23.6 Å². The lowest BCUT2D eigenvalue weighted by atomic mass is 9.88. The van der Waals surface area contributed by atoms with Crippen LogP contribution in [0, 0.1) is 17.2 Å². The molecule has 2 aliphatic rings. The number of hydrogen-bond donors (Lipinski definition) is 2. The molecule has 1 saturated heterocycles. The molecule has 2 heterocycles. The summed E-state index contributed by atoms with van der Waals surface area (Å²) in [6.07, 6.45) is 2.59. The van der Waals surface area contributed by atoms with Gasteiger partial charge in [-0.2, -0.15) is 5.26 Å². The topological polar surface area (TPSA) is 74.2 Å². The van der Waals surface area contributed by atoms with E-state index in [9.17, 15) is 10.1 Å². The molecule has 1 aliphatic heterocycles. The van der Waals surface area contributed by atoms with Crippen molar-refractivity contribution < 1.29 is 9.53 Å². The maximum absolute atomic E-state index is 12.2. The van der Waals surface area contributed by atoms with Crippen LogP contribution in [-0.2, 0) is 22.4 Å². The summed E-state index contributed by atoms with van der Waals surface area (Å²) in [5, 5.41) is 16.1. The summed E-state index contributed by atoms with van der Waals surface area (Å²) < 4.78 is 5.45. The number of nitrogens with one attached hydrogen (secondary N) is 2. The molecular formula is C15H19N3O2S. The van der Waals surface area contributed by atoms with Crippen LogP contribution in [0.3, 0.4) is 0 Å². The maximum atomic E-state index is 12.2. The van der Waals surface area contributed by atoms with Gasteiger partial charge >= 0.3 is 0 Å². The van der Waals surface area contributed by atoms with Gasteiger partial charge in [0.1, 0.15) is 17.2 Å². The van der Waals surface area contributed by atoms with Crippen molar-refractivity contribution in [3.63, 3.8) is 0 Å². The summed E-state index contributed by atoms with van der Waals surface area (Å²) in [5.74, 6) is 0.488. The molecule has 6 heteroatoms. The maximum Gasteiger partial charge on any atom is 0.255 e. The Morgan fingerprint density at radius 2 is 2.43 bits per heavy atom. The predicted molar refractivity (Wildman–Crippen MR) is 81.5 cm³/mol. The molecule has 0 radical (unpaired) electrons. The number of carbonyl (C=O) groups is 1. The largest absolute Gasteiger partial charge is 0.366 e. The SMILES string of the molecule is CC1CCc2c(sc(NC(=O)C3CNCCO3)c2C#N)C1. The predicted octanol–water partition coefficient (Wildman–Crippen LogP) is 1.67. The normalized spacial score (nSPS) is 25.0. The Hall–Kier alpha value is -1.42. The lowest BCUT2D eigenvalue weighted by Crippen LogP contribution is -2.45. The van der Waals surface area contributed by atoms with Gasteiger partial charge in [0.05, 0.1) is 12.2 Å². The van der Waals surface area contributed by atoms with Crippen molar-refractivity contribution in [2.24, 2.45) is 5.92 Å². The third kappa shape index (κ3) is 2.95. The fourth-order valence-electron chi connectivity index (χ4n) is 2.88. The first-order valence-electron chi connectivity index (χ1n) is 7.37. The van der Waals surface area contributed by atoms with Crippen LogP contribution in [0.5, 0.6) is 0 Å². The van der Waals surface area contributed by atoms with Gasteiger partial charge in [-0.1, -0.05) is 6.92 Å². The average Bonchev–Trinajstić information content (AvgIpc) is 2.84. The molecule has 1 aliphatic carbocycles. The molecule has 0 aromatic carbocycles. The molecule has 5 nitrogen and oxygen atoms in total. The lowest BCUT2D eigenvalue weighted by molar-refractivity contribution is -0.128.